The Labute approximate surface area is 168 Å². The van der Waals surface area contributed by atoms with Crippen LogP contribution in [0.4, 0.5) is 5.69 Å². The molecule has 2 fully saturated rings. The maximum Gasteiger partial charge on any atom is 0.102 e. The molecule has 1 aromatic rings. The van der Waals surface area contributed by atoms with E-state index in [4.69, 9.17) is 21.3 Å². The minimum absolute atomic E-state index is 0.0476. The summed E-state index contributed by atoms with van der Waals surface area (Å²) in [6.07, 6.45) is -2.03. The van der Waals surface area contributed by atoms with E-state index < -0.39 is 6.34 Å². The van der Waals surface area contributed by atoms with Gasteiger partial charge in [0.1, 0.15) is 6.34 Å². The summed E-state index contributed by atoms with van der Waals surface area (Å²) in [7, 11) is 2.18. The summed E-state index contributed by atoms with van der Waals surface area (Å²) < 4.78 is 16.3. The molecule has 1 aromatic carbocycles. The Morgan fingerprint density at radius 2 is 1.48 bits per heavy atom. The summed E-state index contributed by atoms with van der Waals surface area (Å²) >= 11 is 6.49. The third-order valence-corrected chi connectivity index (χ3v) is 10.7. The van der Waals surface area contributed by atoms with Gasteiger partial charge >= 0.3 is 0 Å². The number of benzene rings is 1. The summed E-state index contributed by atoms with van der Waals surface area (Å²) in [4.78, 5) is 2.34. The third-order valence-electron chi connectivity index (χ3n) is 6.02. The van der Waals surface area contributed by atoms with Gasteiger partial charge in [-0.1, -0.05) is 43.9 Å². The molecule has 0 bridgehead atoms. The smallest absolute Gasteiger partial charge is 0.102 e. The van der Waals surface area contributed by atoms with Crippen LogP contribution in [0.25, 0.3) is 0 Å². The molecule has 4 rings (SSSR count). The van der Waals surface area contributed by atoms with Crippen molar-refractivity contribution in [3.63, 3.8) is 0 Å². The fourth-order valence-electron chi connectivity index (χ4n) is 4.41. The maximum atomic E-state index is 6.49. The first-order valence-electron chi connectivity index (χ1n) is 9.77. The van der Waals surface area contributed by atoms with Crippen molar-refractivity contribution in [2.45, 2.75) is 19.3 Å². The Bertz CT molecular complexity index is 748. The second-order valence-electron chi connectivity index (χ2n) is 7.94. The Kier molecular flexibility index (Phi) is 5.49. The number of para-hydroxylation sites is 1. The number of hydrogen-bond acceptors (Lipinski definition) is 4. The second-order valence-corrected chi connectivity index (χ2v) is 12.1. The molecule has 0 spiro atoms. The van der Waals surface area contributed by atoms with Gasteiger partial charge in [-0.2, -0.15) is 0 Å². The molecule has 3 aliphatic rings. The summed E-state index contributed by atoms with van der Waals surface area (Å²) in [6.45, 7) is 11.4. The third kappa shape index (κ3) is 3.41. The van der Waals surface area contributed by atoms with Gasteiger partial charge in [0.2, 0.25) is 0 Å². The molecule has 0 saturated carbocycles. The largest absolute Gasteiger partial charge is 0.379 e. The standard InChI is InChI=1S/C20H30N3O2PS/c1-20(2)17-6-4-5-7-18(17)21(3)19(20)16-26(27,22-8-12-24-13-9-22)23-10-14-25-15-11-23/h4-7,16H,8-15H2,1-3H3/b19-16+. The van der Waals surface area contributed by atoms with Crippen molar-refractivity contribution < 1.29 is 9.47 Å². The molecule has 27 heavy (non-hydrogen) atoms. The highest BCUT2D eigenvalue weighted by Gasteiger charge is 2.42. The summed E-state index contributed by atoms with van der Waals surface area (Å²) in [5, 5.41) is 0. The van der Waals surface area contributed by atoms with Gasteiger partial charge < -0.3 is 14.4 Å². The zero-order valence-corrected chi connectivity index (χ0v) is 18.3. The number of likely N-dealkylation sites (N-methyl/N-ethyl adjacent to an activating group) is 1. The summed E-state index contributed by atoms with van der Waals surface area (Å²) in [6, 6.07) is 8.72. The average Bonchev–Trinajstić information content (AvgIpc) is 2.90. The van der Waals surface area contributed by atoms with Crippen LogP contribution < -0.4 is 4.90 Å². The molecule has 7 heteroatoms. The first-order chi connectivity index (χ1) is 12.9. The molecule has 0 unspecified atom stereocenters. The van der Waals surface area contributed by atoms with Crippen molar-refractivity contribution in [2.24, 2.45) is 0 Å². The molecule has 3 heterocycles. The minimum atomic E-state index is -2.03. The quantitative estimate of drug-likeness (QED) is 0.715. The average molecular weight is 408 g/mol. The fourth-order valence-corrected chi connectivity index (χ4v) is 8.66. The fraction of sp³-hybridized carbons (Fsp3) is 0.600. The van der Waals surface area contributed by atoms with E-state index in [1.54, 1.807) is 0 Å². The first kappa shape index (κ1) is 19.6. The van der Waals surface area contributed by atoms with Gasteiger partial charge in [-0.3, -0.25) is 9.34 Å². The second kappa shape index (κ2) is 7.58. The maximum absolute atomic E-state index is 6.49. The van der Waals surface area contributed by atoms with Crippen molar-refractivity contribution in [3.8, 4) is 0 Å². The van der Waals surface area contributed by atoms with Gasteiger partial charge in [0, 0.05) is 50.0 Å². The lowest BCUT2D eigenvalue weighted by atomic mass is 9.84. The summed E-state index contributed by atoms with van der Waals surface area (Å²) in [5.41, 5.74) is 3.95. The van der Waals surface area contributed by atoms with Crippen LogP contribution in [0.5, 0.6) is 0 Å². The number of rotatable bonds is 3. The van der Waals surface area contributed by atoms with Crippen LogP contribution in [-0.2, 0) is 26.7 Å². The highest BCUT2D eigenvalue weighted by atomic mass is 32.4. The predicted octanol–water partition coefficient (Wildman–Crippen LogP) is 3.23. The monoisotopic (exact) mass is 407 g/mol. The van der Waals surface area contributed by atoms with Crippen LogP contribution >= 0.6 is 6.34 Å². The van der Waals surface area contributed by atoms with Gasteiger partial charge in [-0.25, -0.2) is 0 Å². The molecule has 5 nitrogen and oxygen atoms in total. The Balaban J connectivity index is 1.78. The summed E-state index contributed by atoms with van der Waals surface area (Å²) in [5.74, 6) is 2.44. The zero-order valence-electron chi connectivity index (χ0n) is 16.6. The van der Waals surface area contributed by atoms with Crippen LogP contribution in [-0.4, -0.2) is 69.0 Å². The number of morpholine rings is 2. The lowest BCUT2D eigenvalue weighted by molar-refractivity contribution is 0.0588. The molecule has 0 amide bonds. The van der Waals surface area contributed by atoms with Crippen LogP contribution in [0, 0.1) is 0 Å². The normalized spacial score (nSPS) is 25.7. The van der Waals surface area contributed by atoms with Gasteiger partial charge in [0.15, 0.2) is 0 Å². The van der Waals surface area contributed by atoms with Crippen LogP contribution in [0.3, 0.4) is 0 Å². The van der Waals surface area contributed by atoms with Crippen LogP contribution in [0.1, 0.15) is 19.4 Å². The van der Waals surface area contributed by atoms with Crippen LogP contribution in [0.2, 0.25) is 0 Å². The number of ether oxygens (including phenoxy) is 2. The van der Waals surface area contributed by atoms with Crippen molar-refractivity contribution in [2.75, 3.05) is 64.6 Å². The predicted molar refractivity (Wildman–Crippen MR) is 115 cm³/mol. The number of anilines is 1. The molecule has 3 aliphatic heterocycles. The molecule has 148 valence electrons. The number of hydrogen-bond donors (Lipinski definition) is 0. The highest BCUT2D eigenvalue weighted by Crippen LogP contribution is 2.59. The van der Waals surface area contributed by atoms with E-state index in [1.165, 1.54) is 16.9 Å². The zero-order chi connectivity index (χ0) is 19.1. The van der Waals surface area contributed by atoms with E-state index >= 15 is 0 Å². The van der Waals surface area contributed by atoms with Gasteiger partial charge in [-0.05, 0) is 17.4 Å². The SMILES string of the molecule is CN1/C(=C/P(=S)(N2CCOCC2)N2CCOCC2)C(C)(C)c2ccccc21. The Morgan fingerprint density at radius 1 is 0.963 bits per heavy atom. The van der Waals surface area contributed by atoms with E-state index in [-0.39, 0.29) is 5.41 Å². The van der Waals surface area contributed by atoms with E-state index in [1.807, 2.05) is 0 Å². The molecule has 0 radical (unpaired) electrons. The molecule has 0 aromatic heterocycles. The molecule has 0 aliphatic carbocycles. The van der Waals surface area contributed by atoms with Crippen molar-refractivity contribution in [1.82, 2.24) is 9.34 Å². The van der Waals surface area contributed by atoms with E-state index in [0.29, 0.717) is 0 Å². The molecule has 2 saturated heterocycles. The minimum Gasteiger partial charge on any atom is -0.379 e. The topological polar surface area (TPSA) is 28.2 Å². The number of nitrogens with zero attached hydrogens (tertiary/aromatic N) is 3. The van der Waals surface area contributed by atoms with Crippen molar-refractivity contribution in [1.29, 1.82) is 0 Å². The number of allylic oxidation sites excluding steroid dienone is 1. The number of fused-ring (bicyclic) bond motifs is 1. The van der Waals surface area contributed by atoms with Gasteiger partial charge in [0.25, 0.3) is 0 Å². The van der Waals surface area contributed by atoms with Crippen molar-refractivity contribution in [3.05, 3.63) is 41.3 Å². The Morgan fingerprint density at radius 3 is 2.00 bits per heavy atom. The van der Waals surface area contributed by atoms with Gasteiger partial charge in [0.05, 0.1) is 26.4 Å². The lowest BCUT2D eigenvalue weighted by Gasteiger charge is -2.45. The first-order valence-corrected chi connectivity index (χ1v) is 12.5. The van der Waals surface area contributed by atoms with E-state index in [9.17, 15) is 0 Å². The van der Waals surface area contributed by atoms with Crippen molar-refractivity contribution >= 4 is 23.8 Å². The lowest BCUT2D eigenvalue weighted by Crippen LogP contribution is -2.43. The Hall–Kier alpha value is -0.750. The molecular formula is C20H30N3O2PS. The highest BCUT2D eigenvalue weighted by molar-refractivity contribution is 8.13. The molecule has 0 N–H and O–H groups in total. The van der Waals surface area contributed by atoms with Crippen LogP contribution in [0.15, 0.2) is 35.8 Å². The van der Waals surface area contributed by atoms with Gasteiger partial charge in [-0.15, -0.1) is 0 Å². The molecule has 0 atom stereocenters. The molecular weight excluding hydrogens is 377 g/mol. The van der Waals surface area contributed by atoms with E-state index in [2.05, 4.69) is 65.2 Å². The van der Waals surface area contributed by atoms with E-state index in [0.717, 1.165) is 52.6 Å².